The van der Waals surface area contributed by atoms with Crippen molar-refractivity contribution in [2.75, 3.05) is 18.4 Å². The van der Waals surface area contributed by atoms with E-state index in [1.807, 2.05) is 49.4 Å². The van der Waals surface area contributed by atoms with Gasteiger partial charge in [-0.05, 0) is 69.7 Å². The normalized spacial score (nSPS) is 13.3. The number of nitrogens with two attached hydrogens (primary N) is 2. The number of anilines is 1. The van der Waals surface area contributed by atoms with E-state index in [4.69, 9.17) is 11.5 Å². The number of unbranched alkanes of at least 4 members (excludes halogenated alkanes) is 2. The number of rotatable bonds is 17. The van der Waals surface area contributed by atoms with Gasteiger partial charge in [0, 0.05) is 18.7 Å². The summed E-state index contributed by atoms with van der Waals surface area (Å²) in [5.74, 6) is -0.769. The monoisotopic (exact) mass is 495 g/mol. The molecule has 0 heterocycles. The highest BCUT2D eigenvalue weighted by molar-refractivity contribution is 5.91. The van der Waals surface area contributed by atoms with Crippen molar-refractivity contribution in [2.45, 2.75) is 70.0 Å². The molecule has 0 aliphatic carbocycles. The SMILES string of the molecule is Cc1ccc(NCCCC[C@@H](N)C(=O)N[C@@H](Cc2ccccc2)C(=O)N[C@H](C=O)CCCCN)cc1. The smallest absolute Gasteiger partial charge is 0.243 e. The van der Waals surface area contributed by atoms with Crippen LogP contribution in [-0.2, 0) is 20.8 Å². The maximum atomic E-state index is 13.0. The molecule has 7 N–H and O–H groups in total. The van der Waals surface area contributed by atoms with Crippen molar-refractivity contribution in [2.24, 2.45) is 11.5 Å². The molecule has 196 valence electrons. The fourth-order valence-corrected chi connectivity index (χ4v) is 3.83. The number of aryl methyl sites for hydroxylation is 1. The summed E-state index contributed by atoms with van der Waals surface area (Å²) in [5, 5.41) is 8.93. The van der Waals surface area contributed by atoms with Crippen LogP contribution in [0.2, 0.25) is 0 Å². The first-order valence-corrected chi connectivity index (χ1v) is 12.8. The molecule has 8 heteroatoms. The molecule has 3 atom stereocenters. The molecule has 0 saturated carbocycles. The summed E-state index contributed by atoms with van der Waals surface area (Å²) < 4.78 is 0. The zero-order valence-corrected chi connectivity index (χ0v) is 21.2. The molecule has 36 heavy (non-hydrogen) atoms. The lowest BCUT2D eigenvalue weighted by molar-refractivity contribution is -0.130. The van der Waals surface area contributed by atoms with Gasteiger partial charge in [-0.15, -0.1) is 0 Å². The second-order valence-corrected chi connectivity index (χ2v) is 9.18. The van der Waals surface area contributed by atoms with Crippen LogP contribution in [0.15, 0.2) is 54.6 Å². The summed E-state index contributed by atoms with van der Waals surface area (Å²) in [6.45, 7) is 3.37. The molecule has 2 aromatic carbocycles. The lowest BCUT2D eigenvalue weighted by Gasteiger charge is -2.23. The van der Waals surface area contributed by atoms with E-state index in [0.29, 0.717) is 25.8 Å². The number of carbonyl (C=O) groups is 3. The molecular formula is C28H41N5O3. The molecule has 2 rings (SSSR count). The molecule has 8 nitrogen and oxygen atoms in total. The molecule has 2 aromatic rings. The lowest BCUT2D eigenvalue weighted by atomic mass is 10.0. The van der Waals surface area contributed by atoms with Gasteiger partial charge in [0.25, 0.3) is 0 Å². The number of hydrogen-bond donors (Lipinski definition) is 5. The van der Waals surface area contributed by atoms with Crippen LogP contribution >= 0.6 is 0 Å². The Morgan fingerprint density at radius 3 is 2.25 bits per heavy atom. The molecule has 0 bridgehead atoms. The molecular weight excluding hydrogens is 454 g/mol. The van der Waals surface area contributed by atoms with Crippen molar-refractivity contribution in [1.29, 1.82) is 0 Å². The lowest BCUT2D eigenvalue weighted by Crippen LogP contribution is -2.54. The highest BCUT2D eigenvalue weighted by Gasteiger charge is 2.25. The summed E-state index contributed by atoms with van der Waals surface area (Å²) in [6, 6.07) is 15.5. The van der Waals surface area contributed by atoms with Gasteiger partial charge >= 0.3 is 0 Å². The van der Waals surface area contributed by atoms with Gasteiger partial charge in [0.05, 0.1) is 12.1 Å². The molecule has 0 unspecified atom stereocenters. The third kappa shape index (κ3) is 11.0. The van der Waals surface area contributed by atoms with E-state index in [9.17, 15) is 14.4 Å². The first kappa shape index (κ1) is 29.0. The van der Waals surface area contributed by atoms with Gasteiger partial charge in [0.1, 0.15) is 12.3 Å². The van der Waals surface area contributed by atoms with Crippen LogP contribution in [0.4, 0.5) is 5.69 Å². The summed E-state index contributed by atoms with van der Waals surface area (Å²) in [4.78, 5) is 37.3. The van der Waals surface area contributed by atoms with Crippen LogP contribution in [-0.4, -0.2) is 49.3 Å². The highest BCUT2D eigenvalue weighted by Crippen LogP contribution is 2.10. The first-order chi connectivity index (χ1) is 17.4. The molecule has 0 fully saturated rings. The number of benzene rings is 2. The van der Waals surface area contributed by atoms with Crippen LogP contribution in [0.1, 0.15) is 49.7 Å². The minimum absolute atomic E-state index is 0.306. The quantitative estimate of drug-likeness (QED) is 0.169. The highest BCUT2D eigenvalue weighted by atomic mass is 16.2. The third-order valence-corrected chi connectivity index (χ3v) is 6.04. The summed E-state index contributed by atoms with van der Waals surface area (Å²) >= 11 is 0. The average Bonchev–Trinajstić information content (AvgIpc) is 2.89. The van der Waals surface area contributed by atoms with E-state index in [0.717, 1.165) is 49.8 Å². The average molecular weight is 496 g/mol. The van der Waals surface area contributed by atoms with E-state index < -0.39 is 24.0 Å². The van der Waals surface area contributed by atoms with Gasteiger partial charge in [0.2, 0.25) is 11.8 Å². The fourth-order valence-electron chi connectivity index (χ4n) is 3.83. The zero-order valence-electron chi connectivity index (χ0n) is 21.2. The van der Waals surface area contributed by atoms with Gasteiger partial charge in [-0.3, -0.25) is 9.59 Å². The molecule has 0 radical (unpaired) electrons. The van der Waals surface area contributed by atoms with Crippen LogP contribution < -0.4 is 27.4 Å². The summed E-state index contributed by atoms with van der Waals surface area (Å²) in [6.07, 6.45) is 5.21. The standard InChI is InChI=1S/C28H41N5O3/c1-21-13-15-23(16-14-21)31-18-8-6-12-25(30)27(35)33-26(19-22-9-3-2-4-10-22)28(36)32-24(20-34)11-5-7-17-29/h2-4,9-10,13-16,20,24-26,31H,5-8,11-12,17-19,29-30H2,1H3,(H,32,36)(H,33,35)/t24-,25+,26-/m0/s1. The van der Waals surface area contributed by atoms with Crippen molar-refractivity contribution >= 4 is 23.8 Å². The predicted molar refractivity (Wildman–Crippen MR) is 144 cm³/mol. The second-order valence-electron chi connectivity index (χ2n) is 9.18. The maximum absolute atomic E-state index is 13.0. The van der Waals surface area contributed by atoms with Crippen molar-refractivity contribution in [1.82, 2.24) is 10.6 Å². The van der Waals surface area contributed by atoms with Gasteiger partial charge in [-0.1, -0.05) is 48.0 Å². The zero-order chi connectivity index (χ0) is 26.2. The molecule has 2 amide bonds. The Morgan fingerprint density at radius 2 is 1.58 bits per heavy atom. The van der Waals surface area contributed by atoms with E-state index in [2.05, 4.69) is 28.1 Å². The van der Waals surface area contributed by atoms with Crippen molar-refractivity contribution < 1.29 is 14.4 Å². The van der Waals surface area contributed by atoms with Gasteiger partial charge in [-0.25, -0.2) is 0 Å². The van der Waals surface area contributed by atoms with Crippen molar-refractivity contribution in [3.05, 3.63) is 65.7 Å². The number of aldehydes is 1. The Bertz CT molecular complexity index is 921. The Hall–Kier alpha value is -3.23. The molecule has 0 aliphatic heterocycles. The third-order valence-electron chi connectivity index (χ3n) is 6.04. The molecule has 0 spiro atoms. The minimum Gasteiger partial charge on any atom is -0.385 e. The molecule has 0 saturated heterocycles. The Morgan fingerprint density at radius 1 is 0.889 bits per heavy atom. The number of hydrogen-bond acceptors (Lipinski definition) is 6. The van der Waals surface area contributed by atoms with Crippen molar-refractivity contribution in [3.8, 4) is 0 Å². The van der Waals surface area contributed by atoms with E-state index >= 15 is 0 Å². The van der Waals surface area contributed by atoms with Crippen LogP contribution in [0.5, 0.6) is 0 Å². The molecule has 0 aliphatic rings. The number of nitrogens with one attached hydrogen (secondary N) is 3. The van der Waals surface area contributed by atoms with E-state index in [-0.39, 0.29) is 5.91 Å². The number of carbonyl (C=O) groups excluding carboxylic acids is 3. The van der Waals surface area contributed by atoms with E-state index in [1.165, 1.54) is 5.56 Å². The summed E-state index contributed by atoms with van der Waals surface area (Å²) in [7, 11) is 0. The van der Waals surface area contributed by atoms with Crippen LogP contribution in [0, 0.1) is 6.92 Å². The minimum atomic E-state index is -0.828. The maximum Gasteiger partial charge on any atom is 0.243 e. The van der Waals surface area contributed by atoms with E-state index in [1.54, 1.807) is 0 Å². The second kappa shape index (κ2) is 16.4. The number of amides is 2. The molecule has 0 aromatic heterocycles. The Kier molecular flexibility index (Phi) is 13.2. The van der Waals surface area contributed by atoms with Crippen LogP contribution in [0.3, 0.4) is 0 Å². The van der Waals surface area contributed by atoms with Gasteiger partial charge in [0.15, 0.2) is 0 Å². The van der Waals surface area contributed by atoms with Gasteiger partial charge < -0.3 is 32.2 Å². The summed E-state index contributed by atoms with van der Waals surface area (Å²) in [5.41, 5.74) is 14.8. The topological polar surface area (TPSA) is 139 Å². The van der Waals surface area contributed by atoms with Crippen LogP contribution in [0.25, 0.3) is 0 Å². The van der Waals surface area contributed by atoms with Gasteiger partial charge in [-0.2, -0.15) is 0 Å². The van der Waals surface area contributed by atoms with Crippen molar-refractivity contribution in [3.63, 3.8) is 0 Å². The fraction of sp³-hybridized carbons (Fsp3) is 0.464. The Balaban J connectivity index is 1.86. The first-order valence-electron chi connectivity index (χ1n) is 12.8. The Labute approximate surface area is 214 Å². The largest absolute Gasteiger partial charge is 0.385 e. The predicted octanol–water partition coefficient (Wildman–Crippen LogP) is 2.44.